The van der Waals surface area contributed by atoms with Gasteiger partial charge in [0.1, 0.15) is 0 Å². The van der Waals surface area contributed by atoms with E-state index in [0.717, 1.165) is 24.5 Å². The third-order valence-electron chi connectivity index (χ3n) is 2.47. The van der Waals surface area contributed by atoms with Crippen LogP contribution in [0.3, 0.4) is 0 Å². The van der Waals surface area contributed by atoms with E-state index in [1.165, 1.54) is 24.0 Å². The first-order valence-corrected chi connectivity index (χ1v) is 6.07. The molecule has 1 aromatic carbocycles. The fourth-order valence-corrected chi connectivity index (χ4v) is 1.70. The first kappa shape index (κ1) is 12.5. The van der Waals surface area contributed by atoms with Crippen LogP contribution in [0.5, 0.6) is 0 Å². The molecule has 0 aromatic heterocycles. The number of hydrogen-bond acceptors (Lipinski definition) is 1. The number of hydrogen-bond donors (Lipinski definition) is 1. The quantitative estimate of drug-likeness (QED) is 0.730. The average molecular weight is 226 g/mol. The molecule has 0 radical (unpaired) electrons. The number of halogens is 1. The van der Waals surface area contributed by atoms with Crippen LogP contribution in [0.4, 0.5) is 0 Å². The monoisotopic (exact) mass is 225 g/mol. The van der Waals surface area contributed by atoms with Gasteiger partial charge in [-0.15, -0.1) is 0 Å². The Balaban J connectivity index is 2.28. The fraction of sp³-hybridized carbons (Fsp3) is 0.538. The van der Waals surface area contributed by atoms with E-state index in [4.69, 9.17) is 11.6 Å². The van der Waals surface area contributed by atoms with Gasteiger partial charge in [0.05, 0.1) is 0 Å². The van der Waals surface area contributed by atoms with Crippen LogP contribution in [-0.4, -0.2) is 13.1 Å². The number of nitrogens with one attached hydrogen (secondary N) is 1. The van der Waals surface area contributed by atoms with Crippen LogP contribution >= 0.6 is 11.6 Å². The Kier molecular flexibility index (Phi) is 5.74. The fourth-order valence-electron chi connectivity index (χ4n) is 1.58. The van der Waals surface area contributed by atoms with E-state index in [2.05, 4.69) is 31.3 Å². The first-order chi connectivity index (χ1) is 7.24. The third-order valence-corrected chi connectivity index (χ3v) is 2.89. The zero-order valence-electron chi connectivity index (χ0n) is 9.65. The van der Waals surface area contributed by atoms with Crippen molar-refractivity contribution >= 4 is 11.6 Å². The zero-order valence-corrected chi connectivity index (χ0v) is 10.4. The SMILES string of the molecule is CCCNCCCc1ccc(Cl)c(C)c1. The molecular weight excluding hydrogens is 206 g/mol. The van der Waals surface area contributed by atoms with Crippen molar-refractivity contribution in [2.24, 2.45) is 0 Å². The number of aryl methyl sites for hydroxylation is 2. The van der Waals surface area contributed by atoms with Crippen molar-refractivity contribution in [3.63, 3.8) is 0 Å². The van der Waals surface area contributed by atoms with Gasteiger partial charge in [0, 0.05) is 5.02 Å². The van der Waals surface area contributed by atoms with E-state index in [-0.39, 0.29) is 0 Å². The van der Waals surface area contributed by atoms with Crippen LogP contribution < -0.4 is 5.32 Å². The van der Waals surface area contributed by atoms with Crippen molar-refractivity contribution in [2.75, 3.05) is 13.1 Å². The van der Waals surface area contributed by atoms with Gasteiger partial charge in [-0.1, -0.05) is 30.7 Å². The molecule has 0 aliphatic rings. The van der Waals surface area contributed by atoms with Gasteiger partial charge in [-0.25, -0.2) is 0 Å². The van der Waals surface area contributed by atoms with Gasteiger partial charge in [0.15, 0.2) is 0 Å². The predicted octanol–water partition coefficient (Wildman–Crippen LogP) is 3.58. The topological polar surface area (TPSA) is 12.0 Å². The lowest BCUT2D eigenvalue weighted by Gasteiger charge is -2.05. The lowest BCUT2D eigenvalue weighted by molar-refractivity contribution is 0.640. The molecule has 1 rings (SSSR count). The highest BCUT2D eigenvalue weighted by molar-refractivity contribution is 6.31. The van der Waals surface area contributed by atoms with Crippen molar-refractivity contribution in [1.29, 1.82) is 0 Å². The van der Waals surface area contributed by atoms with Crippen molar-refractivity contribution in [3.8, 4) is 0 Å². The highest BCUT2D eigenvalue weighted by Gasteiger charge is 1.97. The summed E-state index contributed by atoms with van der Waals surface area (Å²) in [6.45, 7) is 6.48. The first-order valence-electron chi connectivity index (χ1n) is 5.69. The molecule has 0 aliphatic heterocycles. The van der Waals surface area contributed by atoms with E-state index in [1.54, 1.807) is 0 Å². The van der Waals surface area contributed by atoms with Crippen molar-refractivity contribution in [2.45, 2.75) is 33.1 Å². The van der Waals surface area contributed by atoms with Crippen molar-refractivity contribution < 1.29 is 0 Å². The Labute approximate surface area is 97.8 Å². The Morgan fingerprint density at radius 1 is 1.27 bits per heavy atom. The van der Waals surface area contributed by atoms with Crippen LogP contribution in [0, 0.1) is 6.92 Å². The molecule has 0 saturated heterocycles. The maximum absolute atomic E-state index is 5.97. The second kappa shape index (κ2) is 6.86. The van der Waals surface area contributed by atoms with Crippen LogP contribution in [0.15, 0.2) is 18.2 Å². The van der Waals surface area contributed by atoms with E-state index in [1.807, 2.05) is 6.07 Å². The summed E-state index contributed by atoms with van der Waals surface area (Å²) in [5.41, 5.74) is 2.56. The van der Waals surface area contributed by atoms with E-state index >= 15 is 0 Å². The molecule has 1 N–H and O–H groups in total. The molecule has 84 valence electrons. The normalized spacial score (nSPS) is 10.6. The lowest BCUT2D eigenvalue weighted by Crippen LogP contribution is -2.16. The molecule has 0 heterocycles. The summed E-state index contributed by atoms with van der Waals surface area (Å²) in [4.78, 5) is 0. The molecule has 2 heteroatoms. The summed E-state index contributed by atoms with van der Waals surface area (Å²) in [5.74, 6) is 0. The van der Waals surface area contributed by atoms with E-state index < -0.39 is 0 Å². The molecule has 1 nitrogen and oxygen atoms in total. The zero-order chi connectivity index (χ0) is 11.1. The Bertz CT molecular complexity index is 297. The Hall–Kier alpha value is -0.530. The molecule has 0 saturated carbocycles. The Morgan fingerprint density at radius 2 is 2.07 bits per heavy atom. The van der Waals surface area contributed by atoms with E-state index in [9.17, 15) is 0 Å². The highest BCUT2D eigenvalue weighted by Crippen LogP contribution is 2.16. The number of benzene rings is 1. The van der Waals surface area contributed by atoms with Gasteiger partial charge in [-0.2, -0.15) is 0 Å². The standard InChI is InChI=1S/C13H20ClN/c1-3-8-15-9-4-5-12-6-7-13(14)11(2)10-12/h6-7,10,15H,3-5,8-9H2,1-2H3. The molecule has 0 unspecified atom stereocenters. The minimum atomic E-state index is 0.864. The number of rotatable bonds is 6. The van der Waals surface area contributed by atoms with Crippen molar-refractivity contribution in [3.05, 3.63) is 34.3 Å². The summed E-state index contributed by atoms with van der Waals surface area (Å²) >= 11 is 5.97. The molecule has 0 spiro atoms. The molecule has 1 aromatic rings. The van der Waals surface area contributed by atoms with Crippen LogP contribution in [0.25, 0.3) is 0 Å². The summed E-state index contributed by atoms with van der Waals surface area (Å²) in [6.07, 6.45) is 3.54. The smallest absolute Gasteiger partial charge is 0.0435 e. The third kappa shape index (κ3) is 4.67. The largest absolute Gasteiger partial charge is 0.317 e. The van der Waals surface area contributed by atoms with Gasteiger partial charge >= 0.3 is 0 Å². The van der Waals surface area contributed by atoms with Crippen LogP contribution in [0.2, 0.25) is 5.02 Å². The summed E-state index contributed by atoms with van der Waals surface area (Å²) in [5, 5.41) is 4.27. The molecule has 0 aliphatic carbocycles. The predicted molar refractivity (Wildman–Crippen MR) is 67.7 cm³/mol. The molecule has 0 atom stereocenters. The van der Waals surface area contributed by atoms with E-state index in [0.29, 0.717) is 0 Å². The lowest BCUT2D eigenvalue weighted by atomic mass is 10.1. The minimum absolute atomic E-state index is 0.864. The van der Waals surface area contributed by atoms with Gasteiger partial charge in [0.2, 0.25) is 0 Å². The van der Waals surface area contributed by atoms with Gasteiger partial charge in [-0.05, 0) is 56.5 Å². The van der Waals surface area contributed by atoms with Crippen LogP contribution in [-0.2, 0) is 6.42 Å². The second-order valence-electron chi connectivity index (χ2n) is 3.94. The molecule has 0 amide bonds. The summed E-state index contributed by atoms with van der Waals surface area (Å²) in [6, 6.07) is 6.29. The maximum Gasteiger partial charge on any atom is 0.0435 e. The van der Waals surface area contributed by atoms with Gasteiger partial charge < -0.3 is 5.32 Å². The van der Waals surface area contributed by atoms with Gasteiger partial charge in [-0.3, -0.25) is 0 Å². The summed E-state index contributed by atoms with van der Waals surface area (Å²) in [7, 11) is 0. The van der Waals surface area contributed by atoms with Crippen molar-refractivity contribution in [1.82, 2.24) is 5.32 Å². The second-order valence-corrected chi connectivity index (χ2v) is 4.34. The van der Waals surface area contributed by atoms with Gasteiger partial charge in [0.25, 0.3) is 0 Å². The molecule has 0 fully saturated rings. The summed E-state index contributed by atoms with van der Waals surface area (Å²) < 4.78 is 0. The highest BCUT2D eigenvalue weighted by atomic mass is 35.5. The minimum Gasteiger partial charge on any atom is -0.317 e. The van der Waals surface area contributed by atoms with Crippen LogP contribution in [0.1, 0.15) is 30.9 Å². The molecule has 15 heavy (non-hydrogen) atoms. The molecular formula is C13H20ClN. The maximum atomic E-state index is 5.97. The average Bonchev–Trinajstić information content (AvgIpc) is 2.23. The Morgan fingerprint density at radius 3 is 2.73 bits per heavy atom. The molecule has 0 bridgehead atoms.